The van der Waals surface area contributed by atoms with Crippen LogP contribution in [0, 0.1) is 0 Å². The number of rotatable bonds is 5. The van der Waals surface area contributed by atoms with E-state index in [4.69, 9.17) is 16.6 Å². The van der Waals surface area contributed by atoms with Crippen LogP contribution in [0.1, 0.15) is 19.3 Å². The molecular weight excluding hydrogens is 143 g/mol. The first-order valence-electron chi connectivity index (χ1n) is 3.37. The summed E-state index contributed by atoms with van der Waals surface area (Å²) in [5.74, 6) is -0.933. The monoisotopic (exact) mass is 157 g/mol. The van der Waals surface area contributed by atoms with E-state index < -0.39 is 12.0 Å². The zero-order chi connectivity index (χ0) is 7.98. The fourth-order valence-electron chi connectivity index (χ4n) is 0.632. The SMILES string of the molecule is NCCCCC(N)C(=O)O.[B]. The molecule has 0 rings (SSSR count). The summed E-state index contributed by atoms with van der Waals surface area (Å²) in [6.45, 7) is 0.604. The summed E-state index contributed by atoms with van der Waals surface area (Å²) in [6.07, 6.45) is 2.16. The Morgan fingerprint density at radius 1 is 1.45 bits per heavy atom. The maximum absolute atomic E-state index is 10.1. The normalized spacial score (nSPS) is 11.8. The lowest BCUT2D eigenvalue weighted by Gasteiger charge is -2.03. The second-order valence-electron chi connectivity index (χ2n) is 2.23. The molecule has 5 heteroatoms. The van der Waals surface area contributed by atoms with Crippen LogP contribution in [0.2, 0.25) is 0 Å². The van der Waals surface area contributed by atoms with E-state index in [0.717, 1.165) is 12.8 Å². The molecule has 4 nitrogen and oxygen atoms in total. The van der Waals surface area contributed by atoms with E-state index in [1.807, 2.05) is 0 Å². The third-order valence-electron chi connectivity index (χ3n) is 1.29. The summed E-state index contributed by atoms with van der Waals surface area (Å²) in [6, 6.07) is -0.716. The van der Waals surface area contributed by atoms with E-state index in [0.29, 0.717) is 13.0 Å². The summed E-state index contributed by atoms with van der Waals surface area (Å²) >= 11 is 0. The lowest BCUT2D eigenvalue weighted by atomic mass is 10.1. The van der Waals surface area contributed by atoms with Crippen molar-refractivity contribution in [2.45, 2.75) is 25.3 Å². The lowest BCUT2D eigenvalue weighted by molar-refractivity contribution is -0.138. The molecule has 0 aromatic carbocycles. The Kier molecular flexibility index (Phi) is 8.99. The molecular formula is C6H14BN2O2. The Hall–Kier alpha value is -0.545. The van der Waals surface area contributed by atoms with Crippen LogP contribution in [-0.4, -0.2) is 32.1 Å². The minimum Gasteiger partial charge on any atom is -0.480 e. The number of nitrogens with two attached hydrogens (primary N) is 2. The minimum atomic E-state index is -0.933. The molecule has 1 atom stereocenters. The largest absolute Gasteiger partial charge is 0.480 e. The van der Waals surface area contributed by atoms with Crippen molar-refractivity contribution in [2.24, 2.45) is 11.5 Å². The molecule has 0 saturated carbocycles. The average Bonchev–Trinajstić information content (AvgIpc) is 1.88. The van der Waals surface area contributed by atoms with Gasteiger partial charge in [0, 0.05) is 8.41 Å². The molecule has 0 aromatic rings. The summed E-state index contributed by atoms with van der Waals surface area (Å²) in [4.78, 5) is 10.1. The maximum atomic E-state index is 10.1. The van der Waals surface area contributed by atoms with Gasteiger partial charge in [0.05, 0.1) is 0 Å². The summed E-state index contributed by atoms with van der Waals surface area (Å²) < 4.78 is 0. The van der Waals surface area contributed by atoms with E-state index in [1.165, 1.54) is 0 Å². The van der Waals surface area contributed by atoms with Crippen molar-refractivity contribution in [1.82, 2.24) is 0 Å². The molecule has 5 N–H and O–H groups in total. The van der Waals surface area contributed by atoms with Crippen molar-refractivity contribution in [3.63, 3.8) is 0 Å². The molecule has 0 fully saturated rings. The Balaban J connectivity index is 0. The Labute approximate surface area is 68.5 Å². The van der Waals surface area contributed by atoms with Gasteiger partial charge in [-0.05, 0) is 19.4 Å². The number of carbonyl (C=O) groups is 1. The van der Waals surface area contributed by atoms with Crippen LogP contribution in [0.15, 0.2) is 0 Å². The van der Waals surface area contributed by atoms with Crippen molar-refractivity contribution >= 4 is 14.4 Å². The van der Waals surface area contributed by atoms with Crippen LogP contribution in [0.25, 0.3) is 0 Å². The molecule has 0 aliphatic carbocycles. The molecule has 0 heterocycles. The standard InChI is InChI=1S/C6H14N2O2.B/c7-4-2-1-3-5(8)6(9)10;/h5H,1-4,7-8H2,(H,9,10);. The van der Waals surface area contributed by atoms with Gasteiger partial charge in [-0.15, -0.1) is 0 Å². The molecule has 63 valence electrons. The molecule has 11 heavy (non-hydrogen) atoms. The van der Waals surface area contributed by atoms with Gasteiger partial charge in [0.25, 0.3) is 0 Å². The fraction of sp³-hybridized carbons (Fsp3) is 0.833. The molecule has 0 aromatic heterocycles. The van der Waals surface area contributed by atoms with Gasteiger partial charge >= 0.3 is 5.97 Å². The highest BCUT2D eigenvalue weighted by atomic mass is 16.4. The first-order valence-corrected chi connectivity index (χ1v) is 3.37. The van der Waals surface area contributed by atoms with E-state index in [-0.39, 0.29) is 8.41 Å². The molecule has 3 radical (unpaired) electrons. The van der Waals surface area contributed by atoms with E-state index in [1.54, 1.807) is 0 Å². The first kappa shape index (κ1) is 13.1. The van der Waals surface area contributed by atoms with Crippen molar-refractivity contribution in [2.75, 3.05) is 6.54 Å². The molecule has 0 aliphatic rings. The second-order valence-corrected chi connectivity index (χ2v) is 2.23. The van der Waals surface area contributed by atoms with Gasteiger partial charge < -0.3 is 16.6 Å². The highest BCUT2D eigenvalue weighted by Gasteiger charge is 2.09. The second kappa shape index (κ2) is 7.56. The van der Waals surface area contributed by atoms with Gasteiger partial charge in [-0.1, -0.05) is 6.42 Å². The molecule has 0 bridgehead atoms. The minimum absolute atomic E-state index is 0. The molecule has 0 spiro atoms. The van der Waals surface area contributed by atoms with Gasteiger partial charge in [0.2, 0.25) is 0 Å². The summed E-state index contributed by atoms with van der Waals surface area (Å²) in [5, 5.41) is 8.33. The van der Waals surface area contributed by atoms with Crippen molar-refractivity contribution < 1.29 is 9.90 Å². The number of carboxylic acids is 1. The smallest absolute Gasteiger partial charge is 0.320 e. The third-order valence-corrected chi connectivity index (χ3v) is 1.29. The molecule has 1 unspecified atom stereocenters. The van der Waals surface area contributed by atoms with Crippen LogP contribution in [0.3, 0.4) is 0 Å². The Morgan fingerprint density at radius 3 is 2.36 bits per heavy atom. The third kappa shape index (κ3) is 7.35. The predicted octanol–water partition coefficient (Wildman–Crippen LogP) is -0.853. The van der Waals surface area contributed by atoms with Crippen LogP contribution in [-0.2, 0) is 4.79 Å². The summed E-state index contributed by atoms with van der Waals surface area (Å²) in [5.41, 5.74) is 10.4. The highest BCUT2D eigenvalue weighted by molar-refractivity contribution is 5.75. The van der Waals surface area contributed by atoms with Gasteiger partial charge in [-0.2, -0.15) is 0 Å². The Bertz CT molecular complexity index is 111. The van der Waals surface area contributed by atoms with Crippen LogP contribution in [0.4, 0.5) is 0 Å². The summed E-state index contributed by atoms with van der Waals surface area (Å²) in [7, 11) is 0. The van der Waals surface area contributed by atoms with Gasteiger partial charge in [0.15, 0.2) is 0 Å². The van der Waals surface area contributed by atoms with E-state index >= 15 is 0 Å². The topological polar surface area (TPSA) is 89.3 Å². The number of hydrogen-bond donors (Lipinski definition) is 3. The van der Waals surface area contributed by atoms with E-state index in [2.05, 4.69) is 0 Å². The van der Waals surface area contributed by atoms with Crippen LogP contribution in [0.5, 0.6) is 0 Å². The molecule has 0 amide bonds. The number of carboxylic acid groups (broad SMARTS) is 1. The molecule has 0 aliphatic heterocycles. The maximum Gasteiger partial charge on any atom is 0.320 e. The fourth-order valence-corrected chi connectivity index (χ4v) is 0.632. The van der Waals surface area contributed by atoms with Gasteiger partial charge in [0.1, 0.15) is 6.04 Å². The quantitative estimate of drug-likeness (QED) is 0.358. The van der Waals surface area contributed by atoms with Crippen LogP contribution >= 0.6 is 0 Å². The molecule has 0 saturated heterocycles. The Morgan fingerprint density at radius 2 is 2.00 bits per heavy atom. The van der Waals surface area contributed by atoms with Gasteiger partial charge in [-0.3, -0.25) is 4.79 Å². The van der Waals surface area contributed by atoms with Crippen molar-refractivity contribution in [3.8, 4) is 0 Å². The first-order chi connectivity index (χ1) is 4.68. The average molecular weight is 157 g/mol. The number of aliphatic carboxylic acids is 1. The zero-order valence-electron chi connectivity index (χ0n) is 6.49. The number of hydrogen-bond acceptors (Lipinski definition) is 3. The highest BCUT2D eigenvalue weighted by Crippen LogP contribution is 1.96. The van der Waals surface area contributed by atoms with Crippen LogP contribution < -0.4 is 11.5 Å². The zero-order valence-corrected chi connectivity index (χ0v) is 6.49. The lowest BCUT2D eigenvalue weighted by Crippen LogP contribution is -2.29. The van der Waals surface area contributed by atoms with E-state index in [9.17, 15) is 4.79 Å². The van der Waals surface area contributed by atoms with Crippen molar-refractivity contribution in [3.05, 3.63) is 0 Å². The number of unbranched alkanes of at least 4 members (excludes halogenated alkanes) is 1. The van der Waals surface area contributed by atoms with Crippen molar-refractivity contribution in [1.29, 1.82) is 0 Å². The predicted molar refractivity (Wildman–Crippen MR) is 44.3 cm³/mol. The van der Waals surface area contributed by atoms with Gasteiger partial charge in [-0.25, -0.2) is 0 Å².